The molecule has 0 saturated heterocycles. The van der Waals surface area contributed by atoms with Crippen molar-refractivity contribution in [2.45, 2.75) is 78.6 Å². The Kier molecular flexibility index (Phi) is 8.07. The van der Waals surface area contributed by atoms with Crippen LogP contribution in [0, 0.1) is 0 Å². The summed E-state index contributed by atoms with van der Waals surface area (Å²) >= 11 is 6.30. The van der Waals surface area contributed by atoms with Crippen molar-refractivity contribution in [3.8, 4) is 11.1 Å². The number of esters is 1. The first-order valence-electron chi connectivity index (χ1n) is 12.1. The zero-order chi connectivity index (χ0) is 27.7. The molecule has 1 aromatic carbocycles. The van der Waals surface area contributed by atoms with Gasteiger partial charge in [0.05, 0.1) is 12.3 Å². The van der Waals surface area contributed by atoms with Crippen LogP contribution in [-0.2, 0) is 25.4 Å². The fourth-order valence-electron chi connectivity index (χ4n) is 4.03. The highest BCUT2D eigenvalue weighted by Crippen LogP contribution is 2.36. The minimum absolute atomic E-state index is 0.136. The number of amides is 2. The van der Waals surface area contributed by atoms with Gasteiger partial charge in [-0.2, -0.15) is 4.90 Å². The molecule has 0 aliphatic carbocycles. The molecule has 9 nitrogen and oxygen atoms in total. The van der Waals surface area contributed by atoms with Crippen molar-refractivity contribution >= 4 is 35.4 Å². The second-order valence-electron chi connectivity index (χ2n) is 10.7. The number of imide groups is 1. The van der Waals surface area contributed by atoms with E-state index in [0.29, 0.717) is 34.7 Å². The second kappa shape index (κ2) is 10.6. The number of aryl methyl sites for hydroxylation is 1. The molecule has 0 saturated carbocycles. The number of rotatable bonds is 4. The van der Waals surface area contributed by atoms with Crippen LogP contribution in [0.25, 0.3) is 11.1 Å². The van der Waals surface area contributed by atoms with Crippen LogP contribution in [-0.4, -0.2) is 40.5 Å². The zero-order valence-electron chi connectivity index (χ0n) is 22.2. The topological polar surface area (TPSA) is 104 Å². The Bertz CT molecular complexity index is 1240. The van der Waals surface area contributed by atoms with Crippen molar-refractivity contribution in [2.24, 2.45) is 0 Å². The van der Waals surface area contributed by atoms with E-state index in [1.54, 1.807) is 60.6 Å². The molecule has 2 amide bonds. The summed E-state index contributed by atoms with van der Waals surface area (Å²) in [4.78, 5) is 52.8. The Balaban J connectivity index is 2.16. The third-order valence-corrected chi connectivity index (χ3v) is 5.59. The number of hydrogen-bond acceptors (Lipinski definition) is 7. The summed E-state index contributed by atoms with van der Waals surface area (Å²) in [5.41, 5.74) is -0.642. The highest BCUT2D eigenvalue weighted by molar-refractivity contribution is 6.31. The van der Waals surface area contributed by atoms with E-state index < -0.39 is 41.0 Å². The van der Waals surface area contributed by atoms with Gasteiger partial charge in [-0.15, -0.1) is 0 Å². The summed E-state index contributed by atoms with van der Waals surface area (Å²) in [7, 11) is 0. The molecule has 2 heterocycles. The summed E-state index contributed by atoms with van der Waals surface area (Å²) in [5.74, 6) is -0.458. The summed E-state index contributed by atoms with van der Waals surface area (Å²) in [6.07, 6.45) is -0.970. The molecule has 3 rings (SSSR count). The number of nitrogens with zero attached hydrogens (tertiary/aromatic N) is 2. The second-order valence-corrected chi connectivity index (χ2v) is 11.1. The summed E-state index contributed by atoms with van der Waals surface area (Å²) in [5, 5.41) is 0.331. The predicted molar refractivity (Wildman–Crippen MR) is 140 cm³/mol. The van der Waals surface area contributed by atoms with E-state index in [1.165, 1.54) is 22.8 Å². The number of anilines is 1. The molecule has 0 unspecified atom stereocenters. The van der Waals surface area contributed by atoms with Gasteiger partial charge in [-0.25, -0.2) is 14.4 Å². The van der Waals surface area contributed by atoms with E-state index in [9.17, 15) is 19.2 Å². The van der Waals surface area contributed by atoms with Crippen molar-refractivity contribution in [2.75, 3.05) is 11.5 Å². The molecule has 1 aromatic heterocycles. The molecule has 200 valence electrons. The van der Waals surface area contributed by atoms with Gasteiger partial charge >= 0.3 is 18.2 Å². The normalized spacial score (nSPS) is 15.1. The van der Waals surface area contributed by atoms with E-state index in [0.717, 1.165) is 4.90 Å². The van der Waals surface area contributed by atoms with E-state index in [1.807, 2.05) is 0 Å². The van der Waals surface area contributed by atoms with Crippen LogP contribution in [0.4, 0.5) is 15.3 Å². The molecule has 0 spiro atoms. The molecule has 1 atom stereocenters. The molecular formula is C27H33ClN2O7. The monoisotopic (exact) mass is 532 g/mol. The molecule has 1 aliphatic heterocycles. The van der Waals surface area contributed by atoms with E-state index in [4.69, 9.17) is 25.8 Å². The molecular weight excluding hydrogens is 500 g/mol. The van der Waals surface area contributed by atoms with Crippen molar-refractivity contribution in [3.63, 3.8) is 0 Å². The average Bonchev–Trinajstić information content (AvgIpc) is 3.17. The Morgan fingerprint density at radius 3 is 2.14 bits per heavy atom. The van der Waals surface area contributed by atoms with Gasteiger partial charge in [0.2, 0.25) is 0 Å². The van der Waals surface area contributed by atoms with Gasteiger partial charge in [-0.05, 0) is 91.1 Å². The number of carbonyl (C=O) groups excluding carboxylic acids is 3. The third-order valence-electron chi connectivity index (χ3n) is 5.35. The maximum Gasteiger partial charge on any atom is 0.424 e. The lowest BCUT2D eigenvalue weighted by atomic mass is 10.0. The Morgan fingerprint density at radius 1 is 1.00 bits per heavy atom. The molecule has 1 aliphatic rings. The van der Waals surface area contributed by atoms with Gasteiger partial charge in [-0.3, -0.25) is 9.36 Å². The molecule has 0 fully saturated rings. The number of ether oxygens (including phenoxy) is 3. The molecule has 2 aromatic rings. The van der Waals surface area contributed by atoms with Crippen molar-refractivity contribution < 1.29 is 28.6 Å². The van der Waals surface area contributed by atoms with Gasteiger partial charge in [0.25, 0.3) is 5.56 Å². The highest BCUT2D eigenvalue weighted by atomic mass is 35.5. The van der Waals surface area contributed by atoms with Gasteiger partial charge < -0.3 is 14.2 Å². The third kappa shape index (κ3) is 6.71. The molecule has 0 radical (unpaired) electrons. The van der Waals surface area contributed by atoms with E-state index in [2.05, 4.69) is 0 Å². The maximum atomic E-state index is 13.2. The molecule has 0 bridgehead atoms. The number of aromatic nitrogens is 1. The summed E-state index contributed by atoms with van der Waals surface area (Å²) in [6.45, 7) is 12.0. The number of pyridine rings is 1. The fourth-order valence-corrected chi connectivity index (χ4v) is 4.21. The van der Waals surface area contributed by atoms with Crippen molar-refractivity contribution in [1.82, 2.24) is 4.57 Å². The minimum atomic E-state index is -0.939. The predicted octanol–water partition coefficient (Wildman–Crippen LogP) is 5.90. The quantitative estimate of drug-likeness (QED) is 0.357. The van der Waals surface area contributed by atoms with Crippen LogP contribution in [0.3, 0.4) is 0 Å². The van der Waals surface area contributed by atoms with Crippen LogP contribution in [0.15, 0.2) is 35.1 Å². The SMILES string of the molecule is CCOC(=O)[C@@H]1CCc2cc(-c3cc(Cl)ccc3N(C(=O)OC(C)(C)C)C(=O)OC(C)(C)C)cc(=O)n21. The Hall–Kier alpha value is -3.33. The van der Waals surface area contributed by atoms with E-state index in [-0.39, 0.29) is 12.3 Å². The first-order valence-corrected chi connectivity index (χ1v) is 12.5. The van der Waals surface area contributed by atoms with Crippen LogP contribution >= 0.6 is 11.6 Å². The first-order chi connectivity index (χ1) is 17.1. The molecule has 37 heavy (non-hydrogen) atoms. The highest BCUT2D eigenvalue weighted by Gasteiger charge is 2.35. The standard InChI is InChI=1S/C27H33ClN2O7/c1-8-35-23(32)21-12-10-18-13-16(14-22(31)29(18)21)19-15-17(28)9-11-20(19)30(24(33)36-26(2,3)4)25(34)37-27(5,6)7/h9,11,13-15,21H,8,10,12H2,1-7H3/t21-/m0/s1. The number of fused-ring (bicyclic) bond motifs is 1. The molecule has 10 heteroatoms. The maximum absolute atomic E-state index is 13.2. The lowest BCUT2D eigenvalue weighted by Crippen LogP contribution is -2.44. The van der Waals surface area contributed by atoms with Gasteiger partial charge in [0, 0.05) is 22.3 Å². The van der Waals surface area contributed by atoms with Crippen LogP contribution in [0.2, 0.25) is 5.02 Å². The van der Waals surface area contributed by atoms with Gasteiger partial charge in [0.1, 0.15) is 17.2 Å². The van der Waals surface area contributed by atoms with Crippen molar-refractivity contribution in [3.05, 3.63) is 51.4 Å². The number of carbonyl (C=O) groups is 3. The van der Waals surface area contributed by atoms with Crippen molar-refractivity contribution in [1.29, 1.82) is 0 Å². The smallest absolute Gasteiger partial charge is 0.424 e. The van der Waals surface area contributed by atoms with E-state index >= 15 is 0 Å². The fraction of sp³-hybridized carbons (Fsp3) is 0.481. The largest absolute Gasteiger partial charge is 0.464 e. The minimum Gasteiger partial charge on any atom is -0.464 e. The van der Waals surface area contributed by atoms with Gasteiger partial charge in [0.15, 0.2) is 0 Å². The summed E-state index contributed by atoms with van der Waals surface area (Å²) in [6, 6.07) is 6.98. The number of halogens is 1. The Labute approximate surface area is 221 Å². The van der Waals surface area contributed by atoms with Crippen LogP contribution in [0.5, 0.6) is 0 Å². The number of hydrogen-bond donors (Lipinski definition) is 0. The average molecular weight is 533 g/mol. The Morgan fingerprint density at radius 2 is 1.59 bits per heavy atom. The van der Waals surface area contributed by atoms with Crippen LogP contribution < -0.4 is 10.5 Å². The molecule has 0 N–H and O–H groups in total. The van der Waals surface area contributed by atoms with Gasteiger partial charge in [-0.1, -0.05) is 11.6 Å². The lowest BCUT2D eigenvalue weighted by Gasteiger charge is -2.29. The number of benzene rings is 1. The zero-order valence-corrected chi connectivity index (χ0v) is 23.0. The van der Waals surface area contributed by atoms with Crippen LogP contribution in [0.1, 0.15) is 66.6 Å². The first kappa shape index (κ1) is 28.2. The lowest BCUT2D eigenvalue weighted by molar-refractivity contribution is -0.147. The summed E-state index contributed by atoms with van der Waals surface area (Å²) < 4.78 is 17.6.